The Kier molecular flexibility index (Phi) is 20.6. The number of aliphatic carboxylic acids is 3. The van der Waals surface area contributed by atoms with Crippen LogP contribution in [0.15, 0.2) is 73.8 Å². The van der Waals surface area contributed by atoms with Crippen LogP contribution in [0.2, 0.25) is 0 Å². The molecule has 0 saturated heterocycles. The summed E-state index contributed by atoms with van der Waals surface area (Å²) in [6, 6.07) is 14.2. The summed E-state index contributed by atoms with van der Waals surface area (Å²) in [4.78, 5) is 74.8. The van der Waals surface area contributed by atoms with E-state index in [2.05, 4.69) is 33.8 Å². The fraction of sp³-hybridized carbons (Fsp3) is 0.295. The molecule has 0 aliphatic rings. The Morgan fingerprint density at radius 3 is 1.21 bits per heavy atom. The Balaban J connectivity index is 0.00000489. The van der Waals surface area contributed by atoms with E-state index in [0.29, 0.717) is 11.4 Å². The number of carboxylic acids is 3. The van der Waals surface area contributed by atoms with Gasteiger partial charge in [0.1, 0.15) is 10.0 Å². The third-order valence-electron chi connectivity index (χ3n) is 8.55. The van der Waals surface area contributed by atoms with Crippen molar-refractivity contribution in [2.24, 2.45) is 0 Å². The Labute approximate surface area is 362 Å². The maximum absolute atomic E-state index is 13.0. The second-order valence-corrected chi connectivity index (χ2v) is 15.1. The molecule has 4 aromatic rings. The van der Waals surface area contributed by atoms with Gasteiger partial charge in [-0.2, -0.15) is 0 Å². The van der Waals surface area contributed by atoms with Crippen molar-refractivity contribution in [3.05, 3.63) is 93.6 Å². The van der Waals surface area contributed by atoms with Crippen LogP contribution >= 0.6 is 22.7 Å². The van der Waals surface area contributed by atoms with Crippen molar-refractivity contribution < 1.29 is 39.3 Å². The molecule has 17 heteroatoms. The molecule has 0 spiro atoms. The van der Waals surface area contributed by atoms with Gasteiger partial charge in [-0.3, -0.25) is 38.7 Å². The molecule has 0 aliphatic carbocycles. The summed E-state index contributed by atoms with van der Waals surface area (Å²) >= 11 is 3.04. The van der Waals surface area contributed by atoms with Crippen LogP contribution in [-0.4, -0.2) is 129 Å². The van der Waals surface area contributed by atoms with Crippen LogP contribution < -0.4 is 30.4 Å². The first-order valence-electron chi connectivity index (χ1n) is 19.5. The second-order valence-electron chi connectivity index (χ2n) is 13.0. The van der Waals surface area contributed by atoms with E-state index in [4.69, 9.17) is 0 Å². The van der Waals surface area contributed by atoms with Gasteiger partial charge in [-0.05, 0) is 74.5 Å². The van der Waals surface area contributed by atoms with Gasteiger partial charge in [0.15, 0.2) is 0 Å². The Morgan fingerprint density at radius 2 is 0.902 bits per heavy atom. The first-order valence-corrected chi connectivity index (χ1v) is 21.1. The smallest absolute Gasteiger partial charge is 0.317 e. The maximum Gasteiger partial charge on any atom is 0.317 e. The van der Waals surface area contributed by atoms with E-state index < -0.39 is 49.4 Å². The quantitative estimate of drug-likeness (QED) is 0.0771. The van der Waals surface area contributed by atoms with Crippen LogP contribution in [0.5, 0.6) is 0 Å². The molecule has 5 N–H and O–H groups in total. The first-order chi connectivity index (χ1) is 29.3. The molecular formula is C44H53N7O8S2. The lowest BCUT2D eigenvalue weighted by molar-refractivity contribution is -0.140. The third kappa shape index (κ3) is 16.5. The zero-order valence-electron chi connectivity index (χ0n) is 34.8. The topological polar surface area (TPSA) is 206 Å². The van der Waals surface area contributed by atoms with Crippen LogP contribution in [-0.2, 0) is 24.0 Å². The summed E-state index contributed by atoms with van der Waals surface area (Å²) in [7, 11) is 0. The lowest BCUT2D eigenvalue weighted by atomic mass is 10.2. The number of nitrogens with one attached hydrogen (secondary N) is 2. The summed E-state index contributed by atoms with van der Waals surface area (Å²) in [5.41, 5.74) is 2.70. The van der Waals surface area contributed by atoms with Gasteiger partial charge in [0.25, 0.3) is 0 Å². The van der Waals surface area contributed by atoms with Crippen molar-refractivity contribution in [2.75, 3.05) is 69.5 Å². The van der Waals surface area contributed by atoms with Crippen molar-refractivity contribution in [2.45, 2.75) is 27.7 Å². The summed E-state index contributed by atoms with van der Waals surface area (Å²) < 4.78 is 2.01. The molecule has 0 bridgehead atoms. The lowest BCUT2D eigenvalue weighted by Crippen LogP contribution is -2.46. The molecular weight excluding hydrogens is 819 g/mol. The Bertz CT molecular complexity index is 2230. The predicted octanol–water partition coefficient (Wildman–Crippen LogP) is 3.23. The minimum Gasteiger partial charge on any atom is -0.480 e. The number of hydrogen-bond acceptors (Lipinski definition) is 12. The molecule has 0 unspecified atom stereocenters. The van der Waals surface area contributed by atoms with Gasteiger partial charge >= 0.3 is 17.9 Å². The van der Waals surface area contributed by atoms with Crippen molar-refractivity contribution in [1.82, 2.24) is 24.7 Å². The summed E-state index contributed by atoms with van der Waals surface area (Å²) in [6.45, 7) is 13.5. The number of allylic oxidation sites excluding steroid dienone is 2. The number of amides is 2. The average Bonchev–Trinajstić information content (AvgIpc) is 3.83. The molecule has 4 rings (SSSR count). The molecule has 0 fully saturated rings. The zero-order chi connectivity index (χ0) is 44.9. The Hall–Kier alpha value is -6.11. The molecule has 15 nitrogen and oxygen atoms in total. The van der Waals surface area contributed by atoms with E-state index in [1.54, 1.807) is 36.4 Å². The van der Waals surface area contributed by atoms with E-state index in [1.165, 1.54) is 37.4 Å². The summed E-state index contributed by atoms with van der Waals surface area (Å²) in [5, 5.41) is 37.5. The van der Waals surface area contributed by atoms with Crippen LogP contribution in [0.3, 0.4) is 0 Å². The molecule has 2 aromatic carbocycles. The number of carbonyl (C=O) groups excluding carboxylic acids is 2. The van der Waals surface area contributed by atoms with Gasteiger partial charge in [0, 0.05) is 48.7 Å². The number of hydrogen-bond donors (Lipinski definition) is 5. The number of thiazole rings is 2. The van der Waals surface area contributed by atoms with Gasteiger partial charge < -0.3 is 26.0 Å². The van der Waals surface area contributed by atoms with Crippen LogP contribution in [0.25, 0.3) is 45.4 Å². The highest BCUT2D eigenvalue weighted by Crippen LogP contribution is 2.22. The standard InChI is InChI=1S/C42H47N7O8S2.C2H6/c1-5-9-32-34(7-3)58-41(45-32)28-11-15-30(16-12-28)43-36(50)23-48(26-39(54)55)21-19-47(25-38(52)53)20-22-49(27-40(56)57)24-37(51)44-31-17-13-29(14-18-31)42-46-33(10-6-2)35(8-4)59-42;1-2/h5-18H,1-2,19-27H2,3-4H3,(H,43,50)(H,44,51)(H,52,53)(H,54,55)(H,56,57);1-2H3/b32-9+,33-10+,34-7+,35-8+;. The normalized spacial score (nSPS) is 12.4. The van der Waals surface area contributed by atoms with Gasteiger partial charge in [0.2, 0.25) is 11.8 Å². The lowest BCUT2D eigenvalue weighted by Gasteiger charge is -2.28. The molecule has 2 aromatic heterocycles. The molecule has 0 atom stereocenters. The number of anilines is 2. The van der Waals surface area contributed by atoms with Gasteiger partial charge in [0.05, 0.1) is 52.5 Å². The van der Waals surface area contributed by atoms with Crippen molar-refractivity contribution in [3.63, 3.8) is 0 Å². The molecule has 61 heavy (non-hydrogen) atoms. The number of benzene rings is 2. The first kappa shape index (κ1) is 49.3. The van der Waals surface area contributed by atoms with Crippen LogP contribution in [0, 0.1) is 0 Å². The van der Waals surface area contributed by atoms with E-state index >= 15 is 0 Å². The number of aromatic nitrogens is 2. The third-order valence-corrected chi connectivity index (χ3v) is 10.9. The summed E-state index contributed by atoms with van der Waals surface area (Å²) in [6.07, 6.45) is 10.9. The number of carboxylic acid groups (broad SMARTS) is 3. The highest BCUT2D eigenvalue weighted by atomic mass is 32.1. The van der Waals surface area contributed by atoms with Crippen molar-refractivity contribution in [1.29, 1.82) is 0 Å². The molecule has 0 aliphatic heterocycles. The van der Waals surface area contributed by atoms with E-state index in [9.17, 15) is 39.3 Å². The predicted molar refractivity (Wildman–Crippen MR) is 244 cm³/mol. The number of rotatable bonds is 22. The van der Waals surface area contributed by atoms with E-state index in [1.807, 2.05) is 76.3 Å². The fourth-order valence-electron chi connectivity index (χ4n) is 5.85. The van der Waals surface area contributed by atoms with Crippen molar-refractivity contribution >= 4 is 88.1 Å². The fourth-order valence-corrected chi connectivity index (χ4v) is 7.73. The van der Waals surface area contributed by atoms with Crippen LogP contribution in [0.1, 0.15) is 27.7 Å². The highest BCUT2D eigenvalue weighted by molar-refractivity contribution is 7.13. The monoisotopic (exact) mass is 871 g/mol. The maximum atomic E-state index is 13.0. The molecule has 2 amide bonds. The SMILES string of the molecule is C=C/C=c1/nc(-c2ccc(NC(=O)CN(CCN(CCN(CC(=O)O)CC(=O)Nc3ccc(-c4nc(=C/C=C)/c(=C\C)s4)cc3)CC(=O)O)CC(=O)O)cc2)s/c1=C/C.CC. The number of carbonyl (C=O) groups is 5. The molecule has 0 saturated carbocycles. The molecule has 324 valence electrons. The second kappa shape index (κ2) is 25.5. The van der Waals surface area contributed by atoms with E-state index in [0.717, 1.165) is 40.9 Å². The molecule has 0 radical (unpaired) electrons. The Morgan fingerprint density at radius 1 is 0.574 bits per heavy atom. The zero-order valence-corrected chi connectivity index (χ0v) is 36.4. The largest absolute Gasteiger partial charge is 0.480 e. The number of nitrogens with zero attached hydrogens (tertiary/aromatic N) is 5. The highest BCUT2D eigenvalue weighted by Gasteiger charge is 2.20. The minimum absolute atomic E-state index is 0.0130. The van der Waals surface area contributed by atoms with Crippen molar-refractivity contribution in [3.8, 4) is 21.1 Å². The van der Waals surface area contributed by atoms with Crippen LogP contribution in [0.4, 0.5) is 11.4 Å². The summed E-state index contributed by atoms with van der Waals surface area (Å²) in [5.74, 6) is -4.45. The molecule has 2 heterocycles. The van der Waals surface area contributed by atoms with Gasteiger partial charge in [-0.15, -0.1) is 22.7 Å². The minimum atomic E-state index is -1.18. The average molecular weight is 872 g/mol. The van der Waals surface area contributed by atoms with Gasteiger partial charge in [-0.1, -0.05) is 51.3 Å². The van der Waals surface area contributed by atoms with E-state index in [-0.39, 0.29) is 39.3 Å². The van der Waals surface area contributed by atoms with Gasteiger partial charge in [-0.25, -0.2) is 9.97 Å².